The van der Waals surface area contributed by atoms with E-state index < -0.39 is 9.84 Å². The lowest BCUT2D eigenvalue weighted by Gasteiger charge is -2.17. The lowest BCUT2D eigenvalue weighted by Crippen LogP contribution is -2.38. The van der Waals surface area contributed by atoms with E-state index in [4.69, 9.17) is 0 Å². The van der Waals surface area contributed by atoms with Gasteiger partial charge in [0.25, 0.3) is 0 Å². The van der Waals surface area contributed by atoms with Crippen molar-refractivity contribution < 1.29 is 13.5 Å². The Morgan fingerprint density at radius 1 is 1.17 bits per heavy atom. The minimum Gasteiger partial charge on any atom is -0.396 e. The van der Waals surface area contributed by atoms with Crippen molar-refractivity contribution in [3.63, 3.8) is 0 Å². The molecule has 8 heteroatoms. The fraction of sp³-hybridized carbons (Fsp3) is 0.667. The Kier molecular flexibility index (Phi) is 15.4. The SMILES string of the molecule is CCNC(=NCC(CCO)CC(C)C)NCCCS(=O)(=O)Cc1ccccc1.I. The van der Waals surface area contributed by atoms with Gasteiger partial charge in [0, 0.05) is 26.2 Å². The van der Waals surface area contributed by atoms with Crippen molar-refractivity contribution in [3.05, 3.63) is 35.9 Å². The van der Waals surface area contributed by atoms with Gasteiger partial charge in [0.15, 0.2) is 15.8 Å². The number of sulfone groups is 1. The molecule has 0 aliphatic heterocycles. The number of hydrogen-bond acceptors (Lipinski definition) is 4. The molecule has 1 aromatic carbocycles. The average Bonchev–Trinajstić information content (AvgIpc) is 2.63. The van der Waals surface area contributed by atoms with Crippen LogP contribution in [0.2, 0.25) is 0 Å². The Hall–Kier alpha value is -0.870. The molecule has 0 saturated carbocycles. The average molecular weight is 540 g/mol. The lowest BCUT2D eigenvalue weighted by atomic mass is 9.94. The summed E-state index contributed by atoms with van der Waals surface area (Å²) in [6.07, 6.45) is 2.31. The van der Waals surface area contributed by atoms with Crippen LogP contribution >= 0.6 is 24.0 Å². The van der Waals surface area contributed by atoms with Gasteiger partial charge in [-0.05, 0) is 43.6 Å². The smallest absolute Gasteiger partial charge is 0.191 e. The molecule has 29 heavy (non-hydrogen) atoms. The van der Waals surface area contributed by atoms with Crippen molar-refractivity contribution in [1.29, 1.82) is 0 Å². The van der Waals surface area contributed by atoms with E-state index in [9.17, 15) is 13.5 Å². The molecule has 1 unspecified atom stereocenters. The zero-order valence-corrected chi connectivity index (χ0v) is 21.1. The van der Waals surface area contributed by atoms with Gasteiger partial charge in [-0.25, -0.2) is 8.42 Å². The van der Waals surface area contributed by atoms with Crippen LogP contribution in [0, 0.1) is 11.8 Å². The molecular formula is C21H38IN3O3S. The van der Waals surface area contributed by atoms with Crippen molar-refractivity contribution in [2.24, 2.45) is 16.8 Å². The molecule has 0 saturated heterocycles. The quantitative estimate of drug-likeness (QED) is 0.155. The van der Waals surface area contributed by atoms with Crippen LogP contribution < -0.4 is 10.6 Å². The first-order valence-corrected chi connectivity index (χ1v) is 12.1. The van der Waals surface area contributed by atoms with Crippen LogP contribution in [0.1, 0.15) is 45.6 Å². The number of nitrogens with one attached hydrogen (secondary N) is 2. The van der Waals surface area contributed by atoms with Gasteiger partial charge in [0.1, 0.15) is 0 Å². The highest BCUT2D eigenvalue weighted by molar-refractivity contribution is 14.0. The van der Waals surface area contributed by atoms with Gasteiger partial charge >= 0.3 is 0 Å². The molecule has 1 rings (SSSR count). The molecule has 0 aromatic heterocycles. The van der Waals surface area contributed by atoms with Crippen LogP contribution in [0.3, 0.4) is 0 Å². The standard InChI is InChI=1S/C21H37N3O3S.HI/c1-4-22-21(24-16-20(11-13-25)15-18(2)3)23-12-8-14-28(26,27)17-19-9-6-5-7-10-19;/h5-7,9-10,18,20,25H,4,8,11-17H2,1-3H3,(H2,22,23,24);1H. The summed E-state index contributed by atoms with van der Waals surface area (Å²) in [7, 11) is -3.12. The summed E-state index contributed by atoms with van der Waals surface area (Å²) in [5, 5.41) is 15.7. The molecule has 1 atom stereocenters. The van der Waals surface area contributed by atoms with E-state index in [1.807, 2.05) is 37.3 Å². The largest absolute Gasteiger partial charge is 0.396 e. The molecule has 1 aromatic rings. The van der Waals surface area contributed by atoms with Gasteiger partial charge in [-0.1, -0.05) is 44.2 Å². The molecule has 0 aliphatic rings. The van der Waals surface area contributed by atoms with Crippen LogP contribution in [0.15, 0.2) is 35.3 Å². The maximum absolute atomic E-state index is 12.3. The molecule has 0 spiro atoms. The molecule has 168 valence electrons. The number of aliphatic hydroxyl groups is 1. The van der Waals surface area contributed by atoms with Crippen LogP contribution in [-0.4, -0.2) is 51.5 Å². The molecule has 0 aliphatic carbocycles. The van der Waals surface area contributed by atoms with E-state index >= 15 is 0 Å². The van der Waals surface area contributed by atoms with Gasteiger partial charge in [0.2, 0.25) is 0 Å². The molecule has 0 bridgehead atoms. The van der Waals surface area contributed by atoms with Gasteiger partial charge in [-0.3, -0.25) is 4.99 Å². The fourth-order valence-corrected chi connectivity index (χ4v) is 4.52. The normalized spacial score (nSPS) is 13.1. The summed E-state index contributed by atoms with van der Waals surface area (Å²) in [6, 6.07) is 9.27. The number of nitrogens with zero attached hydrogens (tertiary/aromatic N) is 1. The van der Waals surface area contributed by atoms with E-state index in [1.54, 1.807) is 0 Å². The second kappa shape index (κ2) is 15.9. The van der Waals surface area contributed by atoms with Crippen LogP contribution in [-0.2, 0) is 15.6 Å². The molecule has 0 radical (unpaired) electrons. The number of aliphatic imine (C=N–C) groups is 1. The molecular weight excluding hydrogens is 501 g/mol. The lowest BCUT2D eigenvalue weighted by molar-refractivity contribution is 0.245. The van der Waals surface area contributed by atoms with Crippen LogP contribution in [0.4, 0.5) is 0 Å². The van der Waals surface area contributed by atoms with E-state index in [0.717, 1.165) is 24.9 Å². The van der Waals surface area contributed by atoms with Gasteiger partial charge in [-0.2, -0.15) is 0 Å². The number of hydrogen-bond donors (Lipinski definition) is 3. The molecule has 0 amide bonds. The van der Waals surface area contributed by atoms with E-state index in [-0.39, 0.29) is 42.1 Å². The summed E-state index contributed by atoms with van der Waals surface area (Å²) in [4.78, 5) is 4.62. The van der Waals surface area contributed by atoms with Gasteiger partial charge in [-0.15, -0.1) is 24.0 Å². The van der Waals surface area contributed by atoms with Crippen LogP contribution in [0.25, 0.3) is 0 Å². The van der Waals surface area contributed by atoms with Crippen molar-refractivity contribution >= 4 is 39.8 Å². The topological polar surface area (TPSA) is 90.8 Å². The van der Waals surface area contributed by atoms with E-state index in [1.165, 1.54) is 0 Å². The van der Waals surface area contributed by atoms with Gasteiger partial charge < -0.3 is 15.7 Å². The maximum atomic E-state index is 12.3. The van der Waals surface area contributed by atoms with E-state index in [2.05, 4.69) is 29.5 Å². The monoisotopic (exact) mass is 539 g/mol. The third kappa shape index (κ3) is 13.9. The first-order valence-electron chi connectivity index (χ1n) is 10.2. The Bertz CT molecular complexity index is 667. The summed E-state index contributed by atoms with van der Waals surface area (Å²) in [6.45, 7) is 8.47. The minimum atomic E-state index is -3.12. The number of halogens is 1. The van der Waals surface area contributed by atoms with E-state index in [0.29, 0.717) is 37.3 Å². The summed E-state index contributed by atoms with van der Waals surface area (Å²) < 4.78 is 24.5. The summed E-state index contributed by atoms with van der Waals surface area (Å²) >= 11 is 0. The predicted octanol–water partition coefficient (Wildman–Crippen LogP) is 3.21. The minimum absolute atomic E-state index is 0. The summed E-state index contributed by atoms with van der Waals surface area (Å²) in [5.74, 6) is 1.85. The third-order valence-corrected chi connectivity index (χ3v) is 6.03. The first-order chi connectivity index (χ1) is 13.4. The molecule has 6 nitrogen and oxygen atoms in total. The van der Waals surface area contributed by atoms with Crippen molar-refractivity contribution in [2.45, 2.75) is 45.8 Å². The highest BCUT2D eigenvalue weighted by Gasteiger charge is 2.13. The zero-order chi connectivity index (χ0) is 20.8. The number of benzene rings is 1. The molecule has 0 heterocycles. The van der Waals surface area contributed by atoms with Crippen molar-refractivity contribution in [1.82, 2.24) is 10.6 Å². The Morgan fingerprint density at radius 2 is 1.86 bits per heavy atom. The highest BCUT2D eigenvalue weighted by atomic mass is 127. The highest BCUT2D eigenvalue weighted by Crippen LogP contribution is 2.15. The van der Waals surface area contributed by atoms with Gasteiger partial charge in [0.05, 0.1) is 11.5 Å². The Balaban J connectivity index is 0.00000784. The zero-order valence-electron chi connectivity index (χ0n) is 17.9. The second-order valence-corrected chi connectivity index (χ2v) is 9.77. The number of aliphatic hydroxyl groups excluding tert-OH is 1. The number of rotatable bonds is 13. The second-order valence-electron chi connectivity index (χ2n) is 7.59. The number of guanidine groups is 1. The molecule has 3 N–H and O–H groups in total. The first kappa shape index (κ1) is 28.1. The fourth-order valence-electron chi connectivity index (χ4n) is 3.09. The van der Waals surface area contributed by atoms with Crippen molar-refractivity contribution in [3.8, 4) is 0 Å². The predicted molar refractivity (Wildman–Crippen MR) is 133 cm³/mol. The maximum Gasteiger partial charge on any atom is 0.191 e. The van der Waals surface area contributed by atoms with Crippen molar-refractivity contribution in [2.75, 3.05) is 32.0 Å². The Labute approximate surface area is 193 Å². The molecule has 0 fully saturated rings. The summed E-state index contributed by atoms with van der Waals surface area (Å²) in [5.41, 5.74) is 0.824. The van der Waals surface area contributed by atoms with Crippen LogP contribution in [0.5, 0.6) is 0 Å². The third-order valence-electron chi connectivity index (χ3n) is 4.35. The Morgan fingerprint density at radius 3 is 2.45 bits per heavy atom.